The molecule has 13 N–H and O–H groups in total. The van der Waals surface area contributed by atoms with Crippen LogP contribution in [0.5, 0.6) is 0 Å². The Hall–Kier alpha value is -2.02. The number of hydrogen-bond acceptors (Lipinski definition) is 26. The SMILES string of the molecule is C=C(C)[C@@H](O)CC[C@]1(C)OC(=O)[C@]23[C@@H](O)C=C4[C@@H](CC[C@@H]5C(C)(C)[C@@H](O[C@@H]6OC[C@@H](OS(=O)(=O)O)[C@H](O)[C@H]6O[C@@H]6O[C@H](C)[C@@H](O[C@@H]7O[C@H](CO)[C@@H](O)[C@H](O[C@@H]8O[C@H](CO)[C@@H](O)[C@H](OC)[C@H]8O)[C@H]7O)[C@H](O)[C@H]6O)CC[C@]45C)[C@]2(C)CC[C@@]31O. The maximum absolute atomic E-state index is 14.5. The van der Waals surface area contributed by atoms with Crippen LogP contribution in [0.3, 0.4) is 0 Å². The van der Waals surface area contributed by atoms with Gasteiger partial charge in [-0.25, -0.2) is 4.18 Å². The summed E-state index contributed by atoms with van der Waals surface area (Å²) >= 11 is 0. The van der Waals surface area contributed by atoms with Crippen LogP contribution in [0, 0.1) is 33.5 Å². The number of rotatable bonds is 17. The van der Waals surface area contributed by atoms with Crippen LogP contribution in [0.2, 0.25) is 0 Å². The maximum Gasteiger partial charge on any atom is 0.397 e. The van der Waals surface area contributed by atoms with Gasteiger partial charge in [0.15, 0.2) is 25.2 Å². The van der Waals surface area contributed by atoms with E-state index in [9.17, 15) is 79.0 Å². The van der Waals surface area contributed by atoms with Gasteiger partial charge < -0.3 is 109 Å². The maximum atomic E-state index is 14.5. The summed E-state index contributed by atoms with van der Waals surface area (Å²) in [4.78, 5) is 14.5. The average Bonchev–Trinajstić information content (AvgIpc) is 1.45. The largest absolute Gasteiger partial charge is 0.456 e. The van der Waals surface area contributed by atoms with Gasteiger partial charge in [0.25, 0.3) is 0 Å². The van der Waals surface area contributed by atoms with E-state index in [-0.39, 0.29) is 31.1 Å². The zero-order valence-electron chi connectivity index (χ0n) is 47.4. The summed E-state index contributed by atoms with van der Waals surface area (Å²) in [7, 11) is -4.03. The fraction of sp³-hybridized carbons (Fsp3) is 0.907. The first-order chi connectivity index (χ1) is 38.2. The van der Waals surface area contributed by atoms with Crippen molar-refractivity contribution in [2.45, 2.75) is 246 Å². The zero-order valence-corrected chi connectivity index (χ0v) is 48.2. The number of fused-ring (bicyclic) bond motifs is 4. The first-order valence-electron chi connectivity index (χ1n) is 28.3. The third-order valence-corrected chi connectivity index (χ3v) is 21.3. The molecule has 4 aliphatic carbocycles. The van der Waals surface area contributed by atoms with Gasteiger partial charge in [0, 0.05) is 7.11 Å². The van der Waals surface area contributed by atoms with E-state index in [1.165, 1.54) is 14.0 Å². The van der Waals surface area contributed by atoms with E-state index in [0.717, 1.165) is 5.57 Å². The highest BCUT2D eigenvalue weighted by molar-refractivity contribution is 7.80. The molecule has 0 aromatic carbocycles. The van der Waals surface area contributed by atoms with Gasteiger partial charge in [-0.05, 0) is 100 Å². The van der Waals surface area contributed by atoms with Gasteiger partial charge in [-0.2, -0.15) is 8.42 Å². The highest BCUT2D eigenvalue weighted by Gasteiger charge is 2.85. The van der Waals surface area contributed by atoms with Crippen molar-refractivity contribution in [3.63, 3.8) is 0 Å². The van der Waals surface area contributed by atoms with Crippen molar-refractivity contribution >= 4 is 16.4 Å². The number of carbonyl (C=O) groups excluding carboxylic acids is 1. The number of allylic oxidation sites excluding steroid dienone is 1. The second kappa shape index (κ2) is 23.2. The molecule has 9 aliphatic rings. The zero-order chi connectivity index (χ0) is 60.4. The lowest BCUT2D eigenvalue weighted by molar-refractivity contribution is -0.389. The molecule has 28 heteroatoms. The van der Waals surface area contributed by atoms with E-state index in [4.69, 9.17) is 51.6 Å². The summed E-state index contributed by atoms with van der Waals surface area (Å²) in [5, 5.41) is 135. The third-order valence-electron chi connectivity index (χ3n) is 20.8. The number of methoxy groups -OCH3 is 1. The fourth-order valence-corrected chi connectivity index (χ4v) is 16.7. The molecule has 0 unspecified atom stereocenters. The molecule has 470 valence electrons. The van der Waals surface area contributed by atoms with Crippen molar-refractivity contribution < 1.29 is 131 Å². The molecule has 29 atom stereocenters. The molecule has 8 fully saturated rings. The number of hydrogen-bond donors (Lipinski definition) is 13. The summed E-state index contributed by atoms with van der Waals surface area (Å²) in [5.41, 5.74) is -5.61. The summed E-state index contributed by atoms with van der Waals surface area (Å²) in [6, 6.07) is 0. The number of esters is 1. The van der Waals surface area contributed by atoms with Gasteiger partial charge in [0.05, 0.1) is 44.2 Å². The Bertz CT molecular complexity index is 2470. The Morgan fingerprint density at radius 1 is 0.744 bits per heavy atom. The lowest BCUT2D eigenvalue weighted by Crippen LogP contribution is -2.68. The predicted octanol–water partition coefficient (Wildman–Crippen LogP) is -2.50. The van der Waals surface area contributed by atoms with Crippen molar-refractivity contribution in [3.05, 3.63) is 23.8 Å². The Kier molecular flexibility index (Phi) is 18.2. The highest BCUT2D eigenvalue weighted by atomic mass is 32.3. The normalized spacial score (nSPS) is 51.5. The molecule has 0 bridgehead atoms. The van der Waals surface area contributed by atoms with Crippen LogP contribution in [0.15, 0.2) is 23.8 Å². The molecular weight excluding hydrogens is 1110 g/mol. The Morgan fingerprint density at radius 2 is 1.33 bits per heavy atom. The molecule has 5 aliphatic heterocycles. The van der Waals surface area contributed by atoms with Crippen LogP contribution in [0.4, 0.5) is 0 Å². The average molecular weight is 1200 g/mol. The quantitative estimate of drug-likeness (QED) is 0.0310. The lowest BCUT2D eigenvalue weighted by Gasteiger charge is -2.64. The Labute approximate surface area is 475 Å². The van der Waals surface area contributed by atoms with E-state index in [1.807, 2.05) is 20.8 Å². The minimum Gasteiger partial charge on any atom is -0.456 e. The second-order valence-electron chi connectivity index (χ2n) is 25.6. The van der Waals surface area contributed by atoms with E-state index < -0.39 is 204 Å². The smallest absolute Gasteiger partial charge is 0.397 e. The van der Waals surface area contributed by atoms with Gasteiger partial charge in [-0.3, -0.25) is 9.35 Å². The van der Waals surface area contributed by atoms with Crippen molar-refractivity contribution in [2.75, 3.05) is 26.9 Å². The minimum absolute atomic E-state index is 0.141. The molecule has 0 aromatic heterocycles. The highest BCUT2D eigenvalue weighted by Crippen LogP contribution is 2.77. The Balaban J connectivity index is 0.913. The summed E-state index contributed by atoms with van der Waals surface area (Å²) < 4.78 is 97.7. The second-order valence-corrected chi connectivity index (χ2v) is 26.7. The van der Waals surface area contributed by atoms with Crippen LogP contribution in [-0.2, 0) is 66.7 Å². The van der Waals surface area contributed by atoms with E-state index in [1.54, 1.807) is 19.9 Å². The van der Waals surface area contributed by atoms with Gasteiger partial charge in [-0.1, -0.05) is 51.5 Å². The van der Waals surface area contributed by atoms with Gasteiger partial charge in [-0.15, -0.1) is 0 Å². The molecule has 5 heterocycles. The number of ether oxygens (including phenoxy) is 10. The standard InChI is InChI=1S/C54H86O27S/c1-22(2)26(57)12-15-52(8)53(67)17-16-51(7)24-10-11-30-49(4,5)32(13-14-50(30,6)25(24)18-31(58)54(51,53)48(66)80-52)76-47-43(35(61)29(21-72-47)81-82(68,69)70)79-44-37(63)36(62)40(23(3)73-44)77-46-39(65)42(34(60)28(20-56)75-46)78-45-38(64)41(71-9)33(59)27(19-55)74-45/h18,23-24,26-47,55-65,67H,1,10-17,19-21H2,2-9H3,(H,68,69,70)/t23-,24-,26+,27-,28-,29-,30-,31+,32+,33-,34-,35+,36-,37-,38-,39-,40-,41+,42+,43-,44+,45+,46+,47+,50-,51+,52+,53+,54-/m1/s1. The summed E-state index contributed by atoms with van der Waals surface area (Å²) in [5.74, 6) is -1.06. The lowest BCUT2D eigenvalue weighted by atomic mass is 9.40. The van der Waals surface area contributed by atoms with E-state index in [0.29, 0.717) is 37.7 Å². The summed E-state index contributed by atoms with van der Waals surface area (Å²) in [6.07, 6.45) is -30.7. The molecule has 0 amide bonds. The van der Waals surface area contributed by atoms with Gasteiger partial charge in [0.2, 0.25) is 0 Å². The van der Waals surface area contributed by atoms with Crippen LogP contribution >= 0.6 is 0 Å². The topological polar surface area (TPSA) is 416 Å². The third kappa shape index (κ3) is 10.3. The van der Waals surface area contributed by atoms with Crippen molar-refractivity contribution in [1.29, 1.82) is 0 Å². The predicted molar refractivity (Wildman–Crippen MR) is 275 cm³/mol. The van der Waals surface area contributed by atoms with Crippen molar-refractivity contribution in [2.24, 2.45) is 33.5 Å². The van der Waals surface area contributed by atoms with Crippen LogP contribution < -0.4 is 0 Å². The van der Waals surface area contributed by atoms with Crippen molar-refractivity contribution in [3.8, 4) is 0 Å². The molecular formula is C54H86O27S. The number of aliphatic hydroxyl groups is 12. The molecule has 27 nitrogen and oxygen atoms in total. The molecule has 5 saturated heterocycles. The molecule has 0 aromatic rings. The Morgan fingerprint density at radius 3 is 1.93 bits per heavy atom. The minimum atomic E-state index is -5.20. The summed E-state index contributed by atoms with van der Waals surface area (Å²) in [6.45, 7) is 14.5. The molecule has 1 spiro atoms. The molecule has 3 saturated carbocycles. The number of aliphatic hydroxyl groups excluding tert-OH is 11. The molecule has 0 radical (unpaired) electrons. The first kappa shape index (κ1) is 64.5. The monoisotopic (exact) mass is 1200 g/mol. The van der Waals surface area contributed by atoms with Gasteiger partial charge in [0.1, 0.15) is 102 Å². The van der Waals surface area contributed by atoms with Crippen LogP contribution in [0.25, 0.3) is 0 Å². The van der Waals surface area contributed by atoms with Crippen molar-refractivity contribution in [1.82, 2.24) is 0 Å². The number of carbonyl (C=O) groups is 1. The molecule has 82 heavy (non-hydrogen) atoms. The first-order valence-corrected chi connectivity index (χ1v) is 29.6. The van der Waals surface area contributed by atoms with Crippen LogP contribution in [-0.4, -0.2) is 253 Å². The van der Waals surface area contributed by atoms with E-state index in [2.05, 4.69) is 13.5 Å². The van der Waals surface area contributed by atoms with E-state index >= 15 is 0 Å². The van der Waals surface area contributed by atoms with Crippen LogP contribution in [0.1, 0.15) is 99.8 Å². The van der Waals surface area contributed by atoms with Gasteiger partial charge >= 0.3 is 16.4 Å². The molecule has 9 rings (SSSR count). The number of cyclic esters (lactones) is 1. The fourth-order valence-electron chi connectivity index (χ4n) is 16.2.